The predicted molar refractivity (Wildman–Crippen MR) is 43.0 cm³/mol. The van der Waals surface area contributed by atoms with Crippen LogP contribution in [0.2, 0.25) is 0 Å². The molecule has 0 aromatic rings. The second kappa shape index (κ2) is 3.32. The fourth-order valence-electron chi connectivity index (χ4n) is 0.881. The van der Waals surface area contributed by atoms with E-state index in [0.29, 0.717) is 17.5 Å². The lowest BCUT2D eigenvalue weighted by atomic mass is 10.1. The van der Waals surface area contributed by atoms with Crippen molar-refractivity contribution < 1.29 is 14.3 Å². The Bertz CT molecular complexity index is 166. The predicted octanol–water partition coefficient (Wildman–Crippen LogP) is 0.554. The van der Waals surface area contributed by atoms with Crippen LogP contribution in [0, 0.1) is 5.92 Å². The molecule has 1 aliphatic heterocycles. The lowest BCUT2D eigenvalue weighted by Crippen LogP contribution is -2.19. The van der Waals surface area contributed by atoms with Gasteiger partial charge in [-0.2, -0.15) is 0 Å². The zero-order valence-electron chi connectivity index (χ0n) is 5.30. The number of cyclic esters (lactones) is 1. The van der Waals surface area contributed by atoms with Gasteiger partial charge in [-0.15, -0.1) is 0 Å². The van der Waals surface area contributed by atoms with Crippen molar-refractivity contribution in [2.75, 3.05) is 11.0 Å². The summed E-state index contributed by atoms with van der Waals surface area (Å²) in [5.41, 5.74) is 0. The van der Waals surface area contributed by atoms with Gasteiger partial charge in [0.25, 0.3) is 0 Å². The van der Waals surface area contributed by atoms with Crippen molar-refractivity contribution in [1.82, 2.24) is 0 Å². The minimum atomic E-state index is -0.461. The van der Waals surface area contributed by atoms with Gasteiger partial charge in [-0.1, -0.05) is 22.6 Å². The molecule has 0 aromatic carbocycles. The highest BCUT2D eigenvalue weighted by atomic mass is 127. The standard InChI is InChI=1S/C6H7IO3/c7-3-5(8)4-1-2-10-6(4)9/h4H,1-3H2. The molecule has 0 radical (unpaired) electrons. The molecule has 0 amide bonds. The Kier molecular flexibility index (Phi) is 2.64. The Morgan fingerprint density at radius 2 is 2.50 bits per heavy atom. The molecule has 56 valence electrons. The Morgan fingerprint density at radius 1 is 1.80 bits per heavy atom. The van der Waals surface area contributed by atoms with Crippen LogP contribution < -0.4 is 0 Å². The third kappa shape index (κ3) is 1.47. The largest absolute Gasteiger partial charge is 0.465 e. The molecule has 1 aliphatic rings. The third-order valence-corrected chi connectivity index (χ3v) is 2.21. The molecule has 1 unspecified atom stereocenters. The summed E-state index contributed by atoms with van der Waals surface area (Å²) in [6.45, 7) is 0.409. The monoisotopic (exact) mass is 254 g/mol. The SMILES string of the molecule is O=C(CI)C1CCOC1=O. The van der Waals surface area contributed by atoms with Crippen molar-refractivity contribution in [3.05, 3.63) is 0 Å². The number of halogens is 1. The summed E-state index contributed by atoms with van der Waals surface area (Å²) in [7, 11) is 0. The van der Waals surface area contributed by atoms with Crippen molar-refractivity contribution in [2.45, 2.75) is 6.42 Å². The van der Waals surface area contributed by atoms with Gasteiger partial charge in [-0.25, -0.2) is 0 Å². The van der Waals surface area contributed by atoms with E-state index < -0.39 is 5.92 Å². The van der Waals surface area contributed by atoms with E-state index in [1.165, 1.54) is 0 Å². The molecule has 1 fully saturated rings. The second-order valence-electron chi connectivity index (χ2n) is 2.11. The average molecular weight is 254 g/mol. The maximum Gasteiger partial charge on any atom is 0.316 e. The van der Waals surface area contributed by atoms with Crippen LogP contribution in [0.15, 0.2) is 0 Å². The highest BCUT2D eigenvalue weighted by Crippen LogP contribution is 2.15. The second-order valence-corrected chi connectivity index (χ2v) is 2.87. The molecular formula is C6H7IO3. The molecule has 0 bridgehead atoms. The number of hydrogen-bond donors (Lipinski definition) is 0. The van der Waals surface area contributed by atoms with Crippen LogP contribution in [-0.2, 0) is 14.3 Å². The number of rotatable bonds is 2. The van der Waals surface area contributed by atoms with E-state index in [1.54, 1.807) is 0 Å². The van der Waals surface area contributed by atoms with Crippen LogP contribution in [0.4, 0.5) is 0 Å². The van der Waals surface area contributed by atoms with Crippen LogP contribution in [0.5, 0.6) is 0 Å². The van der Waals surface area contributed by atoms with Crippen molar-refractivity contribution >= 4 is 34.3 Å². The van der Waals surface area contributed by atoms with E-state index in [0.717, 1.165) is 0 Å². The van der Waals surface area contributed by atoms with E-state index in [-0.39, 0.29) is 11.8 Å². The zero-order chi connectivity index (χ0) is 7.56. The average Bonchev–Trinajstić information content (AvgIpc) is 2.34. The summed E-state index contributed by atoms with van der Waals surface area (Å²) in [4.78, 5) is 21.6. The summed E-state index contributed by atoms with van der Waals surface area (Å²) in [5, 5.41) is 0. The summed E-state index contributed by atoms with van der Waals surface area (Å²) in [6.07, 6.45) is 0.570. The summed E-state index contributed by atoms with van der Waals surface area (Å²) >= 11 is 1.96. The molecule has 1 heterocycles. The number of ketones is 1. The first-order valence-corrected chi connectivity index (χ1v) is 4.53. The van der Waals surface area contributed by atoms with Gasteiger partial charge in [-0.3, -0.25) is 9.59 Å². The van der Waals surface area contributed by atoms with Gasteiger partial charge in [0.2, 0.25) is 0 Å². The van der Waals surface area contributed by atoms with Gasteiger partial charge in [0, 0.05) is 6.42 Å². The molecule has 10 heavy (non-hydrogen) atoms. The smallest absolute Gasteiger partial charge is 0.316 e. The van der Waals surface area contributed by atoms with Crippen molar-refractivity contribution in [3.8, 4) is 0 Å². The number of esters is 1. The summed E-state index contributed by atoms with van der Waals surface area (Å²) in [5.74, 6) is -0.818. The van der Waals surface area contributed by atoms with Crippen LogP contribution in [0.3, 0.4) is 0 Å². The summed E-state index contributed by atoms with van der Waals surface area (Å²) < 4.78 is 5.03. The number of carbonyl (C=O) groups excluding carboxylic acids is 2. The number of ether oxygens (including phenoxy) is 1. The van der Waals surface area contributed by atoms with E-state index in [4.69, 9.17) is 0 Å². The highest BCUT2D eigenvalue weighted by molar-refractivity contribution is 14.1. The van der Waals surface area contributed by atoms with E-state index in [9.17, 15) is 9.59 Å². The van der Waals surface area contributed by atoms with Crippen LogP contribution >= 0.6 is 22.6 Å². The topological polar surface area (TPSA) is 43.4 Å². The fraction of sp³-hybridized carbons (Fsp3) is 0.667. The maximum atomic E-state index is 10.9. The van der Waals surface area contributed by atoms with Gasteiger partial charge in [-0.05, 0) is 0 Å². The fourth-order valence-corrected chi connectivity index (χ4v) is 1.41. The Balaban J connectivity index is 2.55. The quantitative estimate of drug-likeness (QED) is 0.313. The first kappa shape index (κ1) is 7.97. The van der Waals surface area contributed by atoms with E-state index >= 15 is 0 Å². The number of Topliss-reactive ketones (excluding diaryl/α,β-unsaturated/α-hetero) is 1. The van der Waals surface area contributed by atoms with E-state index in [2.05, 4.69) is 4.74 Å². The molecule has 1 atom stereocenters. The van der Waals surface area contributed by atoms with Crippen molar-refractivity contribution in [2.24, 2.45) is 5.92 Å². The van der Waals surface area contributed by atoms with Gasteiger partial charge >= 0.3 is 5.97 Å². The molecule has 1 saturated heterocycles. The molecular weight excluding hydrogens is 247 g/mol. The van der Waals surface area contributed by atoms with Gasteiger partial charge in [0.05, 0.1) is 11.0 Å². The maximum absolute atomic E-state index is 10.9. The highest BCUT2D eigenvalue weighted by Gasteiger charge is 2.31. The molecule has 0 aliphatic carbocycles. The van der Waals surface area contributed by atoms with Crippen molar-refractivity contribution in [3.63, 3.8) is 0 Å². The van der Waals surface area contributed by atoms with Gasteiger partial charge in [0.1, 0.15) is 5.92 Å². The van der Waals surface area contributed by atoms with E-state index in [1.807, 2.05) is 22.6 Å². The normalized spacial score (nSPS) is 24.5. The summed E-state index contributed by atoms with van der Waals surface area (Å²) in [6, 6.07) is 0. The van der Waals surface area contributed by atoms with Gasteiger partial charge < -0.3 is 4.74 Å². The minimum absolute atomic E-state index is 0.0110. The number of alkyl halides is 1. The molecule has 0 saturated carbocycles. The van der Waals surface area contributed by atoms with Gasteiger partial charge in [0.15, 0.2) is 5.78 Å². The first-order chi connectivity index (χ1) is 4.75. The van der Waals surface area contributed by atoms with Crippen LogP contribution in [0.1, 0.15) is 6.42 Å². The first-order valence-electron chi connectivity index (χ1n) is 3.01. The molecule has 0 aromatic heterocycles. The molecule has 1 rings (SSSR count). The molecule has 0 spiro atoms. The number of hydrogen-bond acceptors (Lipinski definition) is 3. The molecule has 4 heteroatoms. The van der Waals surface area contributed by atoms with Crippen molar-refractivity contribution in [1.29, 1.82) is 0 Å². The minimum Gasteiger partial charge on any atom is -0.465 e. The molecule has 0 N–H and O–H groups in total. The van der Waals surface area contributed by atoms with Crippen LogP contribution in [0.25, 0.3) is 0 Å². The Hall–Kier alpha value is -0.130. The number of carbonyl (C=O) groups is 2. The third-order valence-electron chi connectivity index (χ3n) is 1.46. The lowest BCUT2D eigenvalue weighted by Gasteiger charge is -1.98. The van der Waals surface area contributed by atoms with Crippen LogP contribution in [-0.4, -0.2) is 22.8 Å². The Morgan fingerprint density at radius 3 is 2.90 bits per heavy atom. The lowest BCUT2D eigenvalue weighted by molar-refractivity contribution is -0.143. The zero-order valence-corrected chi connectivity index (χ0v) is 7.46. The molecule has 3 nitrogen and oxygen atoms in total. The Labute approximate surface area is 72.3 Å².